The summed E-state index contributed by atoms with van der Waals surface area (Å²) in [6.45, 7) is 11.5. The van der Waals surface area contributed by atoms with Crippen LogP contribution >= 0.6 is 0 Å². The Morgan fingerprint density at radius 1 is 1.33 bits per heavy atom. The predicted octanol–water partition coefficient (Wildman–Crippen LogP) is 2.65. The number of piperidine rings is 1. The standard InChI is InChI=1S/C15H32N2O/c1-12(2)16-9-6-7-13(3)17-10-8-15(18-5)11-14(17)4/h12-16H,6-11H2,1-5H3. The van der Waals surface area contributed by atoms with E-state index in [1.807, 2.05) is 7.11 Å². The Hall–Kier alpha value is -0.120. The molecule has 3 nitrogen and oxygen atoms in total. The molecule has 0 amide bonds. The minimum Gasteiger partial charge on any atom is -0.381 e. The maximum Gasteiger partial charge on any atom is 0.0598 e. The minimum atomic E-state index is 0.478. The van der Waals surface area contributed by atoms with Crippen molar-refractivity contribution in [2.24, 2.45) is 0 Å². The van der Waals surface area contributed by atoms with Crippen molar-refractivity contribution >= 4 is 0 Å². The molecule has 0 aromatic carbocycles. The molecule has 1 fully saturated rings. The third-order valence-corrected chi connectivity index (χ3v) is 4.13. The lowest BCUT2D eigenvalue weighted by molar-refractivity contribution is 0.000134. The van der Waals surface area contributed by atoms with Gasteiger partial charge in [-0.1, -0.05) is 13.8 Å². The van der Waals surface area contributed by atoms with Gasteiger partial charge in [0.15, 0.2) is 0 Å². The Kier molecular flexibility index (Phi) is 7.20. The Morgan fingerprint density at radius 3 is 2.61 bits per heavy atom. The molecular formula is C15H32N2O. The second-order valence-electron chi connectivity index (χ2n) is 6.07. The van der Waals surface area contributed by atoms with E-state index in [9.17, 15) is 0 Å². The summed E-state index contributed by atoms with van der Waals surface area (Å²) >= 11 is 0. The molecule has 3 unspecified atom stereocenters. The third kappa shape index (κ3) is 5.25. The molecule has 3 atom stereocenters. The van der Waals surface area contributed by atoms with Gasteiger partial charge in [0.05, 0.1) is 6.10 Å². The van der Waals surface area contributed by atoms with Gasteiger partial charge in [-0.2, -0.15) is 0 Å². The van der Waals surface area contributed by atoms with Crippen LogP contribution in [0.5, 0.6) is 0 Å². The van der Waals surface area contributed by atoms with E-state index in [4.69, 9.17) is 4.74 Å². The van der Waals surface area contributed by atoms with E-state index < -0.39 is 0 Å². The van der Waals surface area contributed by atoms with Gasteiger partial charge in [-0.3, -0.25) is 4.90 Å². The van der Waals surface area contributed by atoms with Gasteiger partial charge < -0.3 is 10.1 Å². The van der Waals surface area contributed by atoms with Crippen LogP contribution in [-0.2, 0) is 4.74 Å². The molecule has 1 heterocycles. The van der Waals surface area contributed by atoms with Gasteiger partial charge in [0.25, 0.3) is 0 Å². The average Bonchev–Trinajstić information content (AvgIpc) is 2.33. The first kappa shape index (κ1) is 15.9. The van der Waals surface area contributed by atoms with Crippen molar-refractivity contribution in [2.75, 3.05) is 20.2 Å². The highest BCUT2D eigenvalue weighted by atomic mass is 16.5. The van der Waals surface area contributed by atoms with E-state index in [0.29, 0.717) is 24.2 Å². The molecule has 0 radical (unpaired) electrons. The summed E-state index contributed by atoms with van der Waals surface area (Å²) in [6.07, 6.45) is 5.42. The quantitative estimate of drug-likeness (QED) is 0.709. The highest BCUT2D eigenvalue weighted by Gasteiger charge is 2.27. The van der Waals surface area contributed by atoms with Crippen molar-refractivity contribution < 1.29 is 4.74 Å². The number of hydrogen-bond donors (Lipinski definition) is 1. The summed E-state index contributed by atoms with van der Waals surface area (Å²) in [5, 5.41) is 3.49. The molecule has 108 valence electrons. The van der Waals surface area contributed by atoms with Gasteiger partial charge in [0.1, 0.15) is 0 Å². The maximum atomic E-state index is 5.48. The summed E-state index contributed by atoms with van der Waals surface area (Å²) < 4.78 is 5.48. The number of methoxy groups -OCH3 is 1. The zero-order valence-electron chi connectivity index (χ0n) is 12.9. The molecule has 0 spiro atoms. The molecule has 0 aliphatic carbocycles. The fourth-order valence-electron chi connectivity index (χ4n) is 2.97. The fourth-order valence-corrected chi connectivity index (χ4v) is 2.97. The fraction of sp³-hybridized carbons (Fsp3) is 1.00. The number of ether oxygens (including phenoxy) is 1. The van der Waals surface area contributed by atoms with Crippen LogP contribution in [0.25, 0.3) is 0 Å². The normalized spacial score (nSPS) is 27.7. The Labute approximate surface area is 113 Å². The van der Waals surface area contributed by atoms with E-state index in [0.717, 1.165) is 6.54 Å². The molecule has 1 aliphatic heterocycles. The number of nitrogens with one attached hydrogen (secondary N) is 1. The van der Waals surface area contributed by atoms with Gasteiger partial charge in [-0.15, -0.1) is 0 Å². The van der Waals surface area contributed by atoms with Gasteiger partial charge in [0, 0.05) is 31.8 Å². The monoisotopic (exact) mass is 256 g/mol. The van der Waals surface area contributed by atoms with E-state index in [-0.39, 0.29) is 0 Å². The lowest BCUT2D eigenvalue weighted by Gasteiger charge is -2.41. The summed E-state index contributed by atoms with van der Waals surface area (Å²) in [5.41, 5.74) is 0. The van der Waals surface area contributed by atoms with Crippen molar-refractivity contribution in [3.8, 4) is 0 Å². The first-order chi connectivity index (χ1) is 8.54. The van der Waals surface area contributed by atoms with Crippen molar-refractivity contribution in [3.63, 3.8) is 0 Å². The van der Waals surface area contributed by atoms with E-state index in [2.05, 4.69) is 37.9 Å². The Balaban J connectivity index is 2.23. The number of hydrogen-bond acceptors (Lipinski definition) is 3. The highest BCUT2D eigenvalue weighted by molar-refractivity contribution is 4.82. The SMILES string of the molecule is COC1CCN(C(C)CCCNC(C)C)C(C)C1. The van der Waals surface area contributed by atoms with E-state index in [1.165, 1.54) is 32.2 Å². The number of nitrogens with zero attached hydrogens (tertiary/aromatic N) is 1. The van der Waals surface area contributed by atoms with Crippen LogP contribution < -0.4 is 5.32 Å². The third-order valence-electron chi connectivity index (χ3n) is 4.13. The maximum absolute atomic E-state index is 5.48. The summed E-state index contributed by atoms with van der Waals surface area (Å²) in [7, 11) is 1.84. The van der Waals surface area contributed by atoms with Crippen LogP contribution in [0.1, 0.15) is 53.4 Å². The second kappa shape index (κ2) is 8.13. The van der Waals surface area contributed by atoms with Gasteiger partial charge in [-0.25, -0.2) is 0 Å². The van der Waals surface area contributed by atoms with Crippen molar-refractivity contribution in [1.29, 1.82) is 0 Å². The van der Waals surface area contributed by atoms with Crippen LogP contribution in [-0.4, -0.2) is 49.3 Å². The van der Waals surface area contributed by atoms with Crippen molar-refractivity contribution in [2.45, 2.75) is 77.6 Å². The van der Waals surface area contributed by atoms with Gasteiger partial charge >= 0.3 is 0 Å². The molecule has 0 aromatic rings. The molecule has 18 heavy (non-hydrogen) atoms. The molecule has 1 N–H and O–H groups in total. The molecule has 1 aliphatic rings. The first-order valence-electron chi connectivity index (χ1n) is 7.56. The zero-order chi connectivity index (χ0) is 13.5. The molecule has 0 bridgehead atoms. The van der Waals surface area contributed by atoms with Gasteiger partial charge in [0.2, 0.25) is 0 Å². The summed E-state index contributed by atoms with van der Waals surface area (Å²) in [4.78, 5) is 2.66. The minimum absolute atomic E-state index is 0.478. The van der Waals surface area contributed by atoms with Crippen LogP contribution in [0.2, 0.25) is 0 Å². The van der Waals surface area contributed by atoms with Crippen LogP contribution in [0, 0.1) is 0 Å². The van der Waals surface area contributed by atoms with Crippen LogP contribution in [0.4, 0.5) is 0 Å². The van der Waals surface area contributed by atoms with Gasteiger partial charge in [-0.05, 0) is 46.1 Å². The largest absolute Gasteiger partial charge is 0.381 e. The summed E-state index contributed by atoms with van der Waals surface area (Å²) in [6, 6.07) is 1.97. The molecule has 0 aromatic heterocycles. The number of rotatable bonds is 7. The lowest BCUT2D eigenvalue weighted by atomic mass is 9.97. The average molecular weight is 256 g/mol. The first-order valence-corrected chi connectivity index (χ1v) is 7.56. The van der Waals surface area contributed by atoms with Crippen molar-refractivity contribution in [1.82, 2.24) is 10.2 Å². The molecule has 1 saturated heterocycles. The zero-order valence-corrected chi connectivity index (χ0v) is 12.9. The number of likely N-dealkylation sites (tertiary alicyclic amines) is 1. The Bertz CT molecular complexity index is 221. The second-order valence-corrected chi connectivity index (χ2v) is 6.07. The predicted molar refractivity (Wildman–Crippen MR) is 78.0 cm³/mol. The Morgan fingerprint density at radius 2 is 2.06 bits per heavy atom. The molecular weight excluding hydrogens is 224 g/mol. The molecule has 1 rings (SSSR count). The smallest absolute Gasteiger partial charge is 0.0598 e. The topological polar surface area (TPSA) is 24.5 Å². The van der Waals surface area contributed by atoms with E-state index >= 15 is 0 Å². The summed E-state index contributed by atoms with van der Waals surface area (Å²) in [5.74, 6) is 0. The lowest BCUT2D eigenvalue weighted by Crippen LogP contribution is -2.47. The highest BCUT2D eigenvalue weighted by Crippen LogP contribution is 2.23. The van der Waals surface area contributed by atoms with Crippen LogP contribution in [0.15, 0.2) is 0 Å². The molecule has 3 heteroatoms. The molecule has 0 saturated carbocycles. The van der Waals surface area contributed by atoms with E-state index in [1.54, 1.807) is 0 Å². The van der Waals surface area contributed by atoms with Crippen LogP contribution in [0.3, 0.4) is 0 Å². The van der Waals surface area contributed by atoms with Crippen molar-refractivity contribution in [3.05, 3.63) is 0 Å².